The number of carbonyl (C=O) groups excluding carboxylic acids is 1. The van der Waals surface area contributed by atoms with Crippen molar-refractivity contribution in [3.8, 4) is 5.75 Å². The number of nitrogens with one attached hydrogen (secondary N) is 1. The lowest BCUT2D eigenvalue weighted by atomic mass is 10.3. The van der Waals surface area contributed by atoms with Gasteiger partial charge in [-0.1, -0.05) is 23.7 Å². The van der Waals surface area contributed by atoms with Gasteiger partial charge in [-0.2, -0.15) is 0 Å². The SMILES string of the molecule is COc1ccccc1NC(=O)CS(=O)(=O)c1ncccc1Cl. The Morgan fingerprint density at radius 2 is 2.00 bits per heavy atom. The van der Waals surface area contributed by atoms with Crippen LogP contribution >= 0.6 is 11.6 Å². The molecule has 0 saturated carbocycles. The van der Waals surface area contributed by atoms with Crippen molar-refractivity contribution >= 4 is 33.0 Å². The number of carbonyl (C=O) groups is 1. The normalized spacial score (nSPS) is 11.0. The first kappa shape index (κ1) is 16.3. The fourth-order valence-electron chi connectivity index (χ4n) is 1.78. The van der Waals surface area contributed by atoms with Gasteiger partial charge in [0.05, 0.1) is 17.8 Å². The Kier molecular flexibility index (Phi) is 4.99. The first-order valence-electron chi connectivity index (χ1n) is 6.20. The summed E-state index contributed by atoms with van der Waals surface area (Å²) in [6.45, 7) is 0. The molecule has 0 bridgehead atoms. The van der Waals surface area contributed by atoms with Gasteiger partial charge >= 0.3 is 0 Å². The van der Waals surface area contributed by atoms with E-state index in [1.165, 1.54) is 25.4 Å². The molecule has 8 heteroatoms. The second kappa shape index (κ2) is 6.76. The van der Waals surface area contributed by atoms with Crippen molar-refractivity contribution in [2.45, 2.75) is 5.03 Å². The molecule has 2 rings (SSSR count). The zero-order valence-electron chi connectivity index (χ0n) is 11.6. The Morgan fingerprint density at radius 1 is 1.27 bits per heavy atom. The van der Waals surface area contributed by atoms with Crippen LogP contribution in [0.25, 0.3) is 0 Å². The van der Waals surface area contributed by atoms with E-state index < -0.39 is 21.5 Å². The number of methoxy groups -OCH3 is 1. The lowest BCUT2D eigenvalue weighted by Gasteiger charge is -2.10. The van der Waals surface area contributed by atoms with Crippen LogP contribution in [0.5, 0.6) is 5.75 Å². The third-order valence-electron chi connectivity index (χ3n) is 2.72. The van der Waals surface area contributed by atoms with Crippen LogP contribution in [0.2, 0.25) is 5.02 Å². The predicted octanol–water partition coefficient (Wildman–Crippen LogP) is 2.16. The molecule has 0 fully saturated rings. The van der Waals surface area contributed by atoms with E-state index in [0.717, 1.165) is 0 Å². The van der Waals surface area contributed by atoms with Crippen molar-refractivity contribution in [1.82, 2.24) is 4.98 Å². The molecule has 1 heterocycles. The number of anilines is 1. The number of nitrogens with zero attached hydrogens (tertiary/aromatic N) is 1. The molecule has 0 aliphatic carbocycles. The lowest BCUT2D eigenvalue weighted by molar-refractivity contribution is -0.113. The Bertz CT molecular complexity index is 793. The van der Waals surface area contributed by atoms with Gasteiger partial charge in [0, 0.05) is 6.20 Å². The molecule has 0 aliphatic heterocycles. The number of hydrogen-bond acceptors (Lipinski definition) is 5. The van der Waals surface area contributed by atoms with Gasteiger partial charge < -0.3 is 10.1 Å². The predicted molar refractivity (Wildman–Crippen MR) is 82.9 cm³/mol. The third kappa shape index (κ3) is 3.75. The number of halogens is 1. The maximum atomic E-state index is 12.2. The molecule has 2 aromatic rings. The highest BCUT2D eigenvalue weighted by Crippen LogP contribution is 2.24. The lowest BCUT2D eigenvalue weighted by Crippen LogP contribution is -2.24. The third-order valence-corrected chi connectivity index (χ3v) is 4.70. The van der Waals surface area contributed by atoms with Crippen molar-refractivity contribution in [3.05, 3.63) is 47.6 Å². The summed E-state index contributed by atoms with van der Waals surface area (Å²) >= 11 is 5.81. The number of benzene rings is 1. The van der Waals surface area contributed by atoms with Crippen molar-refractivity contribution in [3.63, 3.8) is 0 Å². The first-order valence-corrected chi connectivity index (χ1v) is 8.23. The van der Waals surface area contributed by atoms with E-state index in [4.69, 9.17) is 16.3 Å². The Hall–Kier alpha value is -2.12. The molecule has 1 aromatic heterocycles. The Morgan fingerprint density at radius 3 is 2.68 bits per heavy atom. The van der Waals surface area contributed by atoms with E-state index in [1.807, 2.05) is 0 Å². The van der Waals surface area contributed by atoms with Gasteiger partial charge in [0.1, 0.15) is 11.5 Å². The molecule has 1 N–H and O–H groups in total. The smallest absolute Gasteiger partial charge is 0.240 e. The summed E-state index contributed by atoms with van der Waals surface area (Å²) in [5, 5.41) is 2.16. The average Bonchev–Trinajstić information content (AvgIpc) is 2.47. The van der Waals surface area contributed by atoms with E-state index >= 15 is 0 Å². The molecule has 6 nitrogen and oxygen atoms in total. The van der Waals surface area contributed by atoms with Gasteiger partial charge in [0.25, 0.3) is 0 Å². The quantitative estimate of drug-likeness (QED) is 0.901. The average molecular weight is 341 g/mol. The second-order valence-corrected chi connectivity index (χ2v) is 6.61. The standard InChI is InChI=1S/C14H13ClN2O4S/c1-21-12-7-3-2-6-11(12)17-13(18)9-22(19,20)14-10(15)5-4-8-16-14/h2-8H,9H2,1H3,(H,17,18). The van der Waals surface area contributed by atoms with Crippen LogP contribution in [0.3, 0.4) is 0 Å². The molecule has 0 aliphatic rings. The Labute approximate surface area is 133 Å². The van der Waals surface area contributed by atoms with Gasteiger partial charge in [-0.15, -0.1) is 0 Å². The summed E-state index contributed by atoms with van der Waals surface area (Å²) in [6, 6.07) is 9.60. The van der Waals surface area contributed by atoms with Gasteiger partial charge in [-0.05, 0) is 24.3 Å². The van der Waals surface area contributed by atoms with Crippen molar-refractivity contribution in [2.75, 3.05) is 18.2 Å². The van der Waals surface area contributed by atoms with Crippen LogP contribution in [-0.4, -0.2) is 32.2 Å². The minimum Gasteiger partial charge on any atom is -0.495 e. The van der Waals surface area contributed by atoms with E-state index in [2.05, 4.69) is 10.3 Å². The highest BCUT2D eigenvalue weighted by Gasteiger charge is 2.23. The first-order chi connectivity index (χ1) is 10.4. The molecule has 1 aromatic carbocycles. The molecule has 0 saturated heterocycles. The zero-order chi connectivity index (χ0) is 16.2. The highest BCUT2D eigenvalue weighted by atomic mass is 35.5. The number of aromatic nitrogens is 1. The minimum atomic E-state index is -3.93. The van der Waals surface area contributed by atoms with Crippen LogP contribution in [0.1, 0.15) is 0 Å². The number of sulfone groups is 1. The number of rotatable bonds is 5. The zero-order valence-corrected chi connectivity index (χ0v) is 13.2. The van der Waals surface area contributed by atoms with Crippen molar-refractivity contribution < 1.29 is 17.9 Å². The largest absolute Gasteiger partial charge is 0.495 e. The van der Waals surface area contributed by atoms with Crippen LogP contribution < -0.4 is 10.1 Å². The summed E-state index contributed by atoms with van der Waals surface area (Å²) in [5.74, 6) is -1.03. The van der Waals surface area contributed by atoms with Crippen LogP contribution in [0.4, 0.5) is 5.69 Å². The number of ether oxygens (including phenoxy) is 1. The summed E-state index contributed by atoms with van der Waals surface area (Å²) in [6.07, 6.45) is 1.30. The molecular formula is C14H13ClN2O4S. The van der Waals surface area contributed by atoms with Crippen LogP contribution in [-0.2, 0) is 14.6 Å². The monoisotopic (exact) mass is 340 g/mol. The molecule has 0 spiro atoms. The Balaban J connectivity index is 2.17. The van der Waals surface area contributed by atoms with Crippen molar-refractivity contribution in [1.29, 1.82) is 0 Å². The molecule has 0 unspecified atom stereocenters. The molecular weight excluding hydrogens is 328 g/mol. The number of pyridine rings is 1. The van der Waals surface area contributed by atoms with Crippen molar-refractivity contribution in [2.24, 2.45) is 0 Å². The summed E-state index contributed by atoms with van der Waals surface area (Å²) in [7, 11) is -2.47. The second-order valence-electron chi connectivity index (χ2n) is 4.30. The minimum absolute atomic E-state index is 0.0207. The molecule has 116 valence electrons. The van der Waals surface area contributed by atoms with E-state index in [-0.39, 0.29) is 10.0 Å². The molecule has 22 heavy (non-hydrogen) atoms. The van der Waals surface area contributed by atoms with Gasteiger partial charge in [-0.25, -0.2) is 13.4 Å². The number of amides is 1. The van der Waals surface area contributed by atoms with E-state index in [0.29, 0.717) is 11.4 Å². The summed E-state index contributed by atoms with van der Waals surface area (Å²) in [5.41, 5.74) is 0.386. The fourth-order valence-corrected chi connectivity index (χ4v) is 3.39. The summed E-state index contributed by atoms with van der Waals surface area (Å²) < 4.78 is 29.4. The molecule has 0 atom stereocenters. The molecule has 0 radical (unpaired) electrons. The fraction of sp³-hybridized carbons (Fsp3) is 0.143. The van der Waals surface area contributed by atoms with E-state index in [1.54, 1.807) is 24.3 Å². The van der Waals surface area contributed by atoms with Gasteiger partial charge in [0.2, 0.25) is 15.7 Å². The maximum absolute atomic E-state index is 12.2. The highest BCUT2D eigenvalue weighted by molar-refractivity contribution is 7.92. The summed E-state index contributed by atoms with van der Waals surface area (Å²) in [4.78, 5) is 15.7. The van der Waals surface area contributed by atoms with Gasteiger partial charge in [-0.3, -0.25) is 4.79 Å². The topological polar surface area (TPSA) is 85.4 Å². The van der Waals surface area contributed by atoms with Crippen LogP contribution in [0.15, 0.2) is 47.6 Å². The number of para-hydroxylation sites is 2. The van der Waals surface area contributed by atoms with Gasteiger partial charge in [0.15, 0.2) is 5.03 Å². The van der Waals surface area contributed by atoms with E-state index in [9.17, 15) is 13.2 Å². The van der Waals surface area contributed by atoms with Crippen LogP contribution in [0, 0.1) is 0 Å². The number of hydrogen-bond donors (Lipinski definition) is 1. The molecule has 1 amide bonds. The maximum Gasteiger partial charge on any atom is 0.240 e.